The number of nitrogens with zero attached hydrogens (tertiary/aromatic N) is 3. The number of hydrogen-bond donors (Lipinski definition) is 3. The Morgan fingerprint density at radius 1 is 1.17 bits per heavy atom. The number of amidine groups is 1. The smallest absolute Gasteiger partial charge is 0.125 e. The molecule has 0 aliphatic carbocycles. The van der Waals surface area contributed by atoms with E-state index in [4.69, 9.17) is 4.99 Å². The number of rotatable bonds is 7. The number of hydrazone groups is 1. The Hall–Kier alpha value is -2.73. The Balaban J connectivity index is 1.84. The average molecular weight is 478 g/mol. The number of aromatic hydroxyl groups is 1. The molecule has 0 unspecified atom stereocenters. The summed E-state index contributed by atoms with van der Waals surface area (Å²) in [6, 6.07) is 5.91. The fourth-order valence-corrected chi connectivity index (χ4v) is 5.13. The van der Waals surface area contributed by atoms with Gasteiger partial charge >= 0.3 is 0 Å². The Labute approximate surface area is 211 Å². The van der Waals surface area contributed by atoms with Crippen LogP contribution in [0.4, 0.5) is 0 Å². The Bertz CT molecular complexity index is 1040. The summed E-state index contributed by atoms with van der Waals surface area (Å²) in [7, 11) is 0. The molecule has 1 fully saturated rings. The Morgan fingerprint density at radius 2 is 1.89 bits per heavy atom. The van der Waals surface area contributed by atoms with Gasteiger partial charge in [0.15, 0.2) is 0 Å². The van der Waals surface area contributed by atoms with Crippen LogP contribution in [0.2, 0.25) is 0 Å². The van der Waals surface area contributed by atoms with Crippen LogP contribution in [-0.4, -0.2) is 39.5 Å². The zero-order valence-electron chi connectivity index (χ0n) is 22.6. The molecule has 2 aliphatic rings. The summed E-state index contributed by atoms with van der Waals surface area (Å²) in [5.74, 6) is 1.09. The molecular formula is C29H43N5O. The predicted octanol–water partition coefficient (Wildman–Crippen LogP) is 6.26. The van der Waals surface area contributed by atoms with Gasteiger partial charge in [-0.25, -0.2) is 0 Å². The molecule has 1 aromatic carbocycles. The molecule has 6 heteroatoms. The van der Waals surface area contributed by atoms with Gasteiger partial charge in [0, 0.05) is 35.0 Å². The van der Waals surface area contributed by atoms with Crippen LogP contribution in [-0.2, 0) is 0 Å². The third kappa shape index (κ3) is 7.63. The van der Waals surface area contributed by atoms with Gasteiger partial charge in [-0.2, -0.15) is 5.10 Å². The molecule has 1 saturated heterocycles. The fourth-order valence-electron chi connectivity index (χ4n) is 5.13. The predicted molar refractivity (Wildman–Crippen MR) is 149 cm³/mol. The van der Waals surface area contributed by atoms with Crippen molar-refractivity contribution in [3.63, 3.8) is 0 Å². The third-order valence-corrected chi connectivity index (χ3v) is 6.52. The number of nitrogens with one attached hydrogen (secondary N) is 2. The lowest BCUT2D eigenvalue weighted by molar-refractivity contribution is 0.164. The number of aliphatic imine (C=N–C) groups is 2. The first-order valence-corrected chi connectivity index (χ1v) is 12.9. The number of benzene rings is 1. The van der Waals surface area contributed by atoms with Crippen molar-refractivity contribution in [1.29, 1.82) is 0 Å². The van der Waals surface area contributed by atoms with Crippen LogP contribution in [0.25, 0.3) is 0 Å². The summed E-state index contributed by atoms with van der Waals surface area (Å²) in [6.07, 6.45) is 11.7. The minimum absolute atomic E-state index is 0.0415. The van der Waals surface area contributed by atoms with E-state index in [1.165, 1.54) is 5.57 Å². The van der Waals surface area contributed by atoms with Crippen molar-refractivity contribution >= 4 is 17.3 Å². The number of unbranched alkanes of at least 4 members (excludes halogenated alkanes) is 1. The standard InChI is InChI=1S/C29H43N5O/c1-8-10-11-14-30-20(3)22-12-13-24(26(35)17-22)25-15-21(9-2)16-27(33-32-25)31-23-18-28(4,5)34-29(6,7)19-23/h11-15,17,23,34-35H,8-10,16,18-19H2,1-7H3,(H,31,33)/b14-11-,30-20?. The molecule has 2 heterocycles. The molecule has 0 spiro atoms. The number of hydrogen-bond acceptors (Lipinski definition) is 5. The first-order valence-electron chi connectivity index (χ1n) is 12.9. The van der Waals surface area contributed by atoms with Crippen molar-refractivity contribution in [2.75, 3.05) is 0 Å². The maximum atomic E-state index is 10.8. The quantitative estimate of drug-likeness (QED) is 0.406. The van der Waals surface area contributed by atoms with E-state index in [9.17, 15) is 5.11 Å². The second-order valence-corrected chi connectivity index (χ2v) is 11.1. The van der Waals surface area contributed by atoms with E-state index in [-0.39, 0.29) is 22.9 Å². The van der Waals surface area contributed by atoms with Crippen LogP contribution in [0.15, 0.2) is 57.2 Å². The molecular weight excluding hydrogens is 434 g/mol. The van der Waals surface area contributed by atoms with E-state index in [0.717, 1.165) is 61.3 Å². The van der Waals surface area contributed by atoms with Crippen molar-refractivity contribution < 1.29 is 5.11 Å². The number of phenols is 1. The summed E-state index contributed by atoms with van der Waals surface area (Å²) in [4.78, 5) is 9.60. The van der Waals surface area contributed by atoms with Crippen LogP contribution in [0.5, 0.6) is 5.75 Å². The molecule has 0 atom stereocenters. The normalized spacial score (nSPS) is 22.0. The van der Waals surface area contributed by atoms with Gasteiger partial charge in [0.1, 0.15) is 11.6 Å². The Morgan fingerprint density at radius 3 is 2.51 bits per heavy atom. The van der Waals surface area contributed by atoms with E-state index in [2.05, 4.69) is 74.5 Å². The highest BCUT2D eigenvalue weighted by atomic mass is 16.3. The summed E-state index contributed by atoms with van der Waals surface area (Å²) in [5.41, 5.74) is 7.73. The highest BCUT2D eigenvalue weighted by molar-refractivity contribution is 6.13. The molecule has 3 N–H and O–H groups in total. The van der Waals surface area contributed by atoms with Crippen molar-refractivity contribution in [2.24, 2.45) is 15.1 Å². The van der Waals surface area contributed by atoms with Gasteiger partial charge in [-0.15, -0.1) is 0 Å². The number of piperidine rings is 1. The lowest BCUT2D eigenvalue weighted by atomic mass is 9.80. The Kier molecular flexibility index (Phi) is 8.70. The molecule has 1 aromatic rings. The summed E-state index contributed by atoms with van der Waals surface area (Å²) in [6.45, 7) is 15.2. The second-order valence-electron chi connectivity index (χ2n) is 11.1. The van der Waals surface area contributed by atoms with Gasteiger partial charge in [-0.05, 0) is 84.1 Å². The van der Waals surface area contributed by atoms with Crippen molar-refractivity contribution in [2.45, 2.75) is 104 Å². The summed E-state index contributed by atoms with van der Waals surface area (Å²) >= 11 is 0. The largest absolute Gasteiger partial charge is 0.507 e. The maximum absolute atomic E-state index is 10.8. The molecule has 0 saturated carbocycles. The van der Waals surface area contributed by atoms with Crippen molar-refractivity contribution in [1.82, 2.24) is 10.7 Å². The molecule has 2 aliphatic heterocycles. The van der Waals surface area contributed by atoms with Crippen molar-refractivity contribution in [3.8, 4) is 5.75 Å². The molecule has 6 nitrogen and oxygen atoms in total. The van der Waals surface area contributed by atoms with Crippen LogP contribution < -0.4 is 10.7 Å². The van der Waals surface area contributed by atoms with Crippen molar-refractivity contribution in [3.05, 3.63) is 53.3 Å². The van der Waals surface area contributed by atoms with Crippen LogP contribution in [0.3, 0.4) is 0 Å². The van der Waals surface area contributed by atoms with E-state index < -0.39 is 0 Å². The van der Waals surface area contributed by atoms with Gasteiger partial charge in [0.2, 0.25) is 0 Å². The SMILES string of the molecule is CCC/C=C\N=C(C)c1ccc(C2=NNC(=NC3CC(C)(C)NC(C)(C)C3)CC(CC)=C2)c(O)c1. The molecule has 0 amide bonds. The topological polar surface area (TPSA) is 81.4 Å². The lowest BCUT2D eigenvalue weighted by Crippen LogP contribution is -2.59. The minimum Gasteiger partial charge on any atom is -0.507 e. The second kappa shape index (κ2) is 11.3. The van der Waals surface area contributed by atoms with Crippen LogP contribution in [0, 0.1) is 0 Å². The first kappa shape index (κ1) is 26.9. The van der Waals surface area contributed by atoms with E-state index in [1.807, 2.05) is 25.3 Å². The van der Waals surface area contributed by atoms with Gasteiger partial charge in [0.25, 0.3) is 0 Å². The molecule has 0 radical (unpaired) electrons. The number of allylic oxidation sites excluding steroid dienone is 2. The van der Waals surface area contributed by atoms with E-state index >= 15 is 0 Å². The summed E-state index contributed by atoms with van der Waals surface area (Å²) in [5, 5.41) is 19.2. The average Bonchev–Trinajstić information content (AvgIpc) is 2.96. The zero-order chi connectivity index (χ0) is 25.6. The molecule has 190 valence electrons. The van der Waals surface area contributed by atoms with Crippen LogP contribution >= 0.6 is 0 Å². The maximum Gasteiger partial charge on any atom is 0.125 e. The fraction of sp³-hybridized carbons (Fsp3) is 0.552. The van der Waals surface area contributed by atoms with Gasteiger partial charge in [0.05, 0.1) is 11.8 Å². The van der Waals surface area contributed by atoms with Crippen LogP contribution in [0.1, 0.15) is 98.1 Å². The van der Waals surface area contributed by atoms with E-state index in [0.29, 0.717) is 5.56 Å². The first-order chi connectivity index (χ1) is 16.5. The van der Waals surface area contributed by atoms with Gasteiger partial charge in [-0.3, -0.25) is 15.4 Å². The highest BCUT2D eigenvalue weighted by Gasteiger charge is 2.37. The minimum atomic E-state index is 0.0415. The number of phenolic OH excluding ortho intramolecular Hbond substituents is 1. The lowest BCUT2D eigenvalue weighted by Gasteiger charge is -2.45. The zero-order valence-corrected chi connectivity index (χ0v) is 22.6. The molecule has 3 rings (SSSR count). The molecule has 0 bridgehead atoms. The summed E-state index contributed by atoms with van der Waals surface area (Å²) < 4.78 is 0. The van der Waals surface area contributed by atoms with Gasteiger partial charge in [-0.1, -0.05) is 38.0 Å². The monoisotopic (exact) mass is 477 g/mol. The van der Waals surface area contributed by atoms with E-state index in [1.54, 1.807) is 6.07 Å². The third-order valence-electron chi connectivity index (χ3n) is 6.52. The van der Waals surface area contributed by atoms with Gasteiger partial charge < -0.3 is 10.4 Å². The molecule has 35 heavy (non-hydrogen) atoms. The molecule has 0 aromatic heterocycles. The highest BCUT2D eigenvalue weighted by Crippen LogP contribution is 2.31.